The molecule has 0 amide bonds. The number of aromatic nitrogens is 3. The number of nitrogens with zero attached hydrogens (tertiary/aromatic N) is 4. The number of anilines is 2. The number of nitrogen functional groups attached to an aromatic ring is 1. The number of pyridine rings is 1. The van der Waals surface area contributed by atoms with Crippen molar-refractivity contribution in [1.29, 1.82) is 0 Å². The van der Waals surface area contributed by atoms with E-state index in [1.54, 1.807) is 6.20 Å². The van der Waals surface area contributed by atoms with Crippen molar-refractivity contribution >= 4 is 23.1 Å². The predicted octanol–water partition coefficient (Wildman–Crippen LogP) is 2.04. The van der Waals surface area contributed by atoms with Crippen LogP contribution >= 0.6 is 11.6 Å². The molecule has 0 bridgehead atoms. The summed E-state index contributed by atoms with van der Waals surface area (Å²) in [4.78, 5) is 6.26. The third-order valence-corrected chi connectivity index (χ3v) is 3.87. The lowest BCUT2D eigenvalue weighted by atomic mass is 10.0. The summed E-state index contributed by atoms with van der Waals surface area (Å²) in [6, 6.07) is 1.84. The van der Waals surface area contributed by atoms with Gasteiger partial charge in [0, 0.05) is 44.5 Å². The monoisotopic (exact) mass is 277 g/mol. The van der Waals surface area contributed by atoms with Crippen molar-refractivity contribution in [1.82, 2.24) is 14.8 Å². The van der Waals surface area contributed by atoms with Crippen LogP contribution in [0.4, 0.5) is 11.5 Å². The number of halogens is 1. The molecule has 1 unspecified atom stereocenters. The molecule has 0 saturated carbocycles. The molecule has 100 valence electrons. The van der Waals surface area contributed by atoms with Crippen LogP contribution < -0.4 is 10.6 Å². The standard InChI is InChI=1S/C13H16ClN5/c1-18-7-10(5-17-18)9-2-3-19(8-9)12-4-13(15)16-6-11(12)14/h4-7,9H,2-3,8H2,1H3,(H2,15,16). The third-order valence-electron chi connectivity index (χ3n) is 3.58. The van der Waals surface area contributed by atoms with Gasteiger partial charge >= 0.3 is 0 Å². The Bertz CT molecular complexity index is 594. The first kappa shape index (κ1) is 12.3. The van der Waals surface area contributed by atoms with E-state index < -0.39 is 0 Å². The summed E-state index contributed by atoms with van der Waals surface area (Å²) in [5.74, 6) is 1.00. The Kier molecular flexibility index (Phi) is 3.06. The summed E-state index contributed by atoms with van der Waals surface area (Å²) in [5, 5.41) is 4.89. The molecule has 1 atom stereocenters. The maximum atomic E-state index is 6.20. The molecule has 0 radical (unpaired) electrons. The van der Waals surface area contributed by atoms with Gasteiger partial charge < -0.3 is 10.6 Å². The highest BCUT2D eigenvalue weighted by molar-refractivity contribution is 6.33. The minimum absolute atomic E-state index is 0.499. The zero-order valence-corrected chi connectivity index (χ0v) is 11.5. The highest BCUT2D eigenvalue weighted by Gasteiger charge is 2.26. The van der Waals surface area contributed by atoms with Crippen molar-refractivity contribution in [2.45, 2.75) is 12.3 Å². The topological polar surface area (TPSA) is 60.0 Å². The summed E-state index contributed by atoms with van der Waals surface area (Å²) in [7, 11) is 1.94. The summed E-state index contributed by atoms with van der Waals surface area (Å²) in [6.07, 6.45) is 6.74. The van der Waals surface area contributed by atoms with Crippen LogP contribution in [0.5, 0.6) is 0 Å². The second-order valence-electron chi connectivity index (χ2n) is 4.94. The molecule has 19 heavy (non-hydrogen) atoms. The van der Waals surface area contributed by atoms with Gasteiger partial charge in [0.1, 0.15) is 5.82 Å². The second kappa shape index (κ2) is 4.74. The molecule has 3 heterocycles. The predicted molar refractivity (Wildman–Crippen MR) is 76.4 cm³/mol. The van der Waals surface area contributed by atoms with Gasteiger partial charge in [0.05, 0.1) is 16.9 Å². The highest BCUT2D eigenvalue weighted by atomic mass is 35.5. The van der Waals surface area contributed by atoms with Crippen molar-refractivity contribution in [3.05, 3.63) is 35.2 Å². The van der Waals surface area contributed by atoms with Crippen LogP contribution in [0.3, 0.4) is 0 Å². The molecule has 3 rings (SSSR count). The molecule has 5 nitrogen and oxygen atoms in total. The van der Waals surface area contributed by atoms with Gasteiger partial charge in [-0.1, -0.05) is 11.6 Å². The molecule has 0 aromatic carbocycles. The average Bonchev–Trinajstić information content (AvgIpc) is 3.00. The van der Waals surface area contributed by atoms with Gasteiger partial charge in [0.15, 0.2) is 0 Å². The van der Waals surface area contributed by atoms with Crippen LogP contribution in [0.15, 0.2) is 24.7 Å². The van der Waals surface area contributed by atoms with Crippen LogP contribution in [0.25, 0.3) is 0 Å². The van der Waals surface area contributed by atoms with Gasteiger partial charge in [0.2, 0.25) is 0 Å². The lowest BCUT2D eigenvalue weighted by Crippen LogP contribution is -2.19. The van der Waals surface area contributed by atoms with Crippen LogP contribution in [0.2, 0.25) is 5.02 Å². The van der Waals surface area contributed by atoms with Crippen molar-refractivity contribution in [2.75, 3.05) is 23.7 Å². The molecule has 6 heteroatoms. The molecule has 2 N–H and O–H groups in total. The lowest BCUT2D eigenvalue weighted by Gasteiger charge is -2.20. The van der Waals surface area contributed by atoms with Crippen LogP contribution in [-0.4, -0.2) is 27.9 Å². The fraction of sp³-hybridized carbons (Fsp3) is 0.385. The van der Waals surface area contributed by atoms with E-state index in [-0.39, 0.29) is 0 Å². The van der Waals surface area contributed by atoms with E-state index in [4.69, 9.17) is 17.3 Å². The second-order valence-corrected chi connectivity index (χ2v) is 5.35. The minimum Gasteiger partial charge on any atom is -0.384 e. The van der Waals surface area contributed by atoms with Gasteiger partial charge in [-0.05, 0) is 12.0 Å². The normalized spacial score (nSPS) is 19.1. The Balaban J connectivity index is 1.80. The molecule has 2 aromatic heterocycles. The van der Waals surface area contributed by atoms with Gasteiger partial charge in [-0.15, -0.1) is 0 Å². The number of hydrogen-bond donors (Lipinski definition) is 1. The van der Waals surface area contributed by atoms with E-state index in [2.05, 4.69) is 21.2 Å². The van der Waals surface area contributed by atoms with Crippen LogP contribution in [-0.2, 0) is 7.05 Å². The quantitative estimate of drug-likeness (QED) is 0.913. The van der Waals surface area contributed by atoms with Gasteiger partial charge in [-0.25, -0.2) is 4.98 Å². The minimum atomic E-state index is 0.499. The van der Waals surface area contributed by atoms with Crippen molar-refractivity contribution < 1.29 is 0 Å². The first-order chi connectivity index (χ1) is 9.13. The summed E-state index contributed by atoms with van der Waals surface area (Å²) in [5.41, 5.74) is 7.99. The van der Waals surface area contributed by atoms with Crippen LogP contribution in [0.1, 0.15) is 17.9 Å². The molecule has 1 fully saturated rings. The maximum Gasteiger partial charge on any atom is 0.125 e. The summed E-state index contributed by atoms with van der Waals surface area (Å²) < 4.78 is 1.84. The van der Waals surface area contributed by atoms with Crippen LogP contribution in [0, 0.1) is 0 Å². The molecule has 1 saturated heterocycles. The number of nitrogens with two attached hydrogens (primary N) is 1. The molecular formula is C13H16ClN5. The Morgan fingerprint density at radius 1 is 1.42 bits per heavy atom. The smallest absolute Gasteiger partial charge is 0.125 e. The van der Waals surface area contributed by atoms with Gasteiger partial charge in [0.25, 0.3) is 0 Å². The van der Waals surface area contributed by atoms with E-state index >= 15 is 0 Å². The lowest BCUT2D eigenvalue weighted by molar-refractivity contribution is 0.754. The molecule has 2 aromatic rings. The van der Waals surface area contributed by atoms with Gasteiger partial charge in [-0.2, -0.15) is 5.10 Å². The summed E-state index contributed by atoms with van der Waals surface area (Å²) >= 11 is 6.20. The number of hydrogen-bond acceptors (Lipinski definition) is 4. The van der Waals surface area contributed by atoms with Crippen molar-refractivity contribution in [3.63, 3.8) is 0 Å². The Hall–Kier alpha value is -1.75. The zero-order valence-electron chi connectivity index (χ0n) is 10.8. The fourth-order valence-corrected chi connectivity index (χ4v) is 2.81. The molecule has 0 spiro atoms. The zero-order chi connectivity index (χ0) is 13.4. The Morgan fingerprint density at radius 2 is 2.26 bits per heavy atom. The fourth-order valence-electron chi connectivity index (χ4n) is 2.59. The maximum absolute atomic E-state index is 6.20. The molecule has 1 aliphatic heterocycles. The molecule has 0 aliphatic carbocycles. The summed E-state index contributed by atoms with van der Waals surface area (Å²) in [6.45, 7) is 1.91. The van der Waals surface area contributed by atoms with Crippen molar-refractivity contribution in [3.8, 4) is 0 Å². The van der Waals surface area contributed by atoms with E-state index in [0.29, 0.717) is 16.8 Å². The van der Waals surface area contributed by atoms with E-state index in [9.17, 15) is 0 Å². The first-order valence-electron chi connectivity index (χ1n) is 6.28. The first-order valence-corrected chi connectivity index (χ1v) is 6.66. The van der Waals surface area contributed by atoms with E-state index in [0.717, 1.165) is 25.2 Å². The van der Waals surface area contributed by atoms with Gasteiger partial charge in [-0.3, -0.25) is 4.68 Å². The SMILES string of the molecule is Cn1cc(C2CCN(c3cc(N)ncc3Cl)C2)cn1. The number of aryl methyl sites for hydroxylation is 1. The Labute approximate surface area is 117 Å². The molecule has 1 aliphatic rings. The van der Waals surface area contributed by atoms with E-state index in [1.165, 1.54) is 5.56 Å². The number of rotatable bonds is 2. The van der Waals surface area contributed by atoms with E-state index in [1.807, 2.05) is 24.0 Å². The largest absolute Gasteiger partial charge is 0.384 e. The average molecular weight is 278 g/mol. The van der Waals surface area contributed by atoms with Crippen molar-refractivity contribution in [2.24, 2.45) is 7.05 Å². The Morgan fingerprint density at radius 3 is 3.00 bits per heavy atom. The highest BCUT2D eigenvalue weighted by Crippen LogP contribution is 2.34. The molecular weight excluding hydrogens is 262 g/mol. The third kappa shape index (κ3) is 2.38.